The number of hydrogen-bond donors (Lipinski definition) is 2. The molecule has 8 heteroatoms. The molecule has 1 saturated carbocycles. The molecule has 170 valence electrons. The quantitative estimate of drug-likeness (QED) is 0.527. The van der Waals surface area contributed by atoms with Crippen molar-refractivity contribution >= 4 is 23.5 Å². The SMILES string of the molecule is Cc1onc(-c2ccccc2)c1C(=O)OCC(=O)Nc1ccccc1C(=O)NC1CCCC1. The zero-order chi connectivity index (χ0) is 23.2. The summed E-state index contributed by atoms with van der Waals surface area (Å²) in [5.41, 5.74) is 1.95. The number of carbonyl (C=O) groups is 3. The molecule has 2 amide bonds. The number of amides is 2. The van der Waals surface area contributed by atoms with Gasteiger partial charge >= 0.3 is 5.97 Å². The van der Waals surface area contributed by atoms with Gasteiger partial charge in [0.05, 0.1) is 11.3 Å². The Balaban J connectivity index is 1.39. The summed E-state index contributed by atoms with van der Waals surface area (Å²) in [4.78, 5) is 37.8. The lowest BCUT2D eigenvalue weighted by Crippen LogP contribution is -2.33. The van der Waals surface area contributed by atoms with Gasteiger partial charge in [-0.25, -0.2) is 4.79 Å². The zero-order valence-electron chi connectivity index (χ0n) is 18.3. The van der Waals surface area contributed by atoms with E-state index in [2.05, 4.69) is 15.8 Å². The molecule has 0 spiro atoms. The molecule has 2 N–H and O–H groups in total. The van der Waals surface area contributed by atoms with Gasteiger partial charge in [0.15, 0.2) is 6.61 Å². The van der Waals surface area contributed by atoms with Crippen molar-refractivity contribution in [3.05, 3.63) is 71.5 Å². The Hall–Kier alpha value is -3.94. The first-order valence-corrected chi connectivity index (χ1v) is 10.9. The Bertz CT molecular complexity index is 1150. The van der Waals surface area contributed by atoms with E-state index in [1.807, 2.05) is 18.2 Å². The number of benzene rings is 2. The maximum atomic E-state index is 12.7. The van der Waals surface area contributed by atoms with Crippen LogP contribution in [0.5, 0.6) is 0 Å². The molecule has 0 saturated heterocycles. The summed E-state index contributed by atoms with van der Waals surface area (Å²) >= 11 is 0. The molecule has 33 heavy (non-hydrogen) atoms. The van der Waals surface area contributed by atoms with Crippen LogP contribution < -0.4 is 10.6 Å². The molecule has 8 nitrogen and oxygen atoms in total. The predicted molar refractivity (Wildman–Crippen MR) is 122 cm³/mol. The summed E-state index contributed by atoms with van der Waals surface area (Å²) < 4.78 is 10.4. The van der Waals surface area contributed by atoms with E-state index in [4.69, 9.17) is 9.26 Å². The third-order valence-corrected chi connectivity index (χ3v) is 5.58. The fourth-order valence-electron chi connectivity index (χ4n) is 3.92. The summed E-state index contributed by atoms with van der Waals surface area (Å²) in [5.74, 6) is -1.20. The molecule has 0 unspecified atom stereocenters. The van der Waals surface area contributed by atoms with Gasteiger partial charge in [0.1, 0.15) is 17.0 Å². The van der Waals surface area contributed by atoms with Crippen LogP contribution in [-0.2, 0) is 9.53 Å². The molecule has 0 bridgehead atoms. The van der Waals surface area contributed by atoms with E-state index in [-0.39, 0.29) is 17.5 Å². The van der Waals surface area contributed by atoms with Crippen LogP contribution in [0.15, 0.2) is 59.1 Å². The number of nitrogens with zero attached hydrogens (tertiary/aromatic N) is 1. The Morgan fingerprint density at radius 1 is 1.03 bits per heavy atom. The molecular weight excluding hydrogens is 422 g/mol. The molecule has 1 aliphatic carbocycles. The average Bonchev–Trinajstić information content (AvgIpc) is 3.48. The normalized spacial score (nSPS) is 13.5. The molecular formula is C25H25N3O5. The second-order valence-corrected chi connectivity index (χ2v) is 7.95. The number of para-hydroxylation sites is 1. The van der Waals surface area contributed by atoms with Crippen molar-refractivity contribution in [3.8, 4) is 11.3 Å². The molecule has 3 aromatic rings. The highest BCUT2D eigenvalue weighted by Gasteiger charge is 2.24. The number of rotatable bonds is 7. The van der Waals surface area contributed by atoms with Crippen LogP contribution in [0.1, 0.15) is 52.2 Å². The minimum atomic E-state index is -0.713. The highest BCUT2D eigenvalue weighted by atomic mass is 16.5. The summed E-state index contributed by atoms with van der Waals surface area (Å²) in [7, 11) is 0. The number of nitrogens with one attached hydrogen (secondary N) is 2. The van der Waals surface area contributed by atoms with Crippen molar-refractivity contribution in [1.29, 1.82) is 0 Å². The van der Waals surface area contributed by atoms with Crippen LogP contribution in [0, 0.1) is 6.92 Å². The van der Waals surface area contributed by atoms with Gasteiger partial charge in [-0.15, -0.1) is 0 Å². The van der Waals surface area contributed by atoms with Gasteiger partial charge in [-0.05, 0) is 31.9 Å². The van der Waals surface area contributed by atoms with E-state index in [0.717, 1.165) is 25.7 Å². The van der Waals surface area contributed by atoms with Crippen LogP contribution in [-0.4, -0.2) is 35.6 Å². The molecule has 1 aromatic heterocycles. The first-order valence-electron chi connectivity index (χ1n) is 10.9. The maximum Gasteiger partial charge on any atom is 0.344 e. The van der Waals surface area contributed by atoms with Gasteiger partial charge in [0.25, 0.3) is 11.8 Å². The number of aryl methyl sites for hydroxylation is 1. The minimum Gasteiger partial charge on any atom is -0.452 e. The number of anilines is 1. The van der Waals surface area contributed by atoms with E-state index in [1.165, 1.54) is 0 Å². The fraction of sp³-hybridized carbons (Fsp3) is 0.280. The second kappa shape index (κ2) is 10.1. The predicted octanol–water partition coefficient (Wildman–Crippen LogP) is 4.12. The van der Waals surface area contributed by atoms with Crippen molar-refractivity contribution in [2.45, 2.75) is 38.6 Å². The monoisotopic (exact) mass is 447 g/mol. The molecule has 0 aliphatic heterocycles. The summed E-state index contributed by atoms with van der Waals surface area (Å²) in [5, 5.41) is 9.63. The summed E-state index contributed by atoms with van der Waals surface area (Å²) in [6, 6.07) is 16.0. The van der Waals surface area contributed by atoms with Crippen LogP contribution in [0.2, 0.25) is 0 Å². The lowest BCUT2D eigenvalue weighted by Gasteiger charge is -2.15. The van der Waals surface area contributed by atoms with Crippen molar-refractivity contribution in [3.63, 3.8) is 0 Å². The summed E-state index contributed by atoms with van der Waals surface area (Å²) in [6.45, 7) is 1.09. The average molecular weight is 447 g/mol. The van der Waals surface area contributed by atoms with Crippen molar-refractivity contribution < 1.29 is 23.6 Å². The molecule has 1 fully saturated rings. The number of hydrogen-bond acceptors (Lipinski definition) is 6. The van der Waals surface area contributed by atoms with E-state index < -0.39 is 18.5 Å². The van der Waals surface area contributed by atoms with Crippen molar-refractivity contribution in [2.24, 2.45) is 0 Å². The third-order valence-electron chi connectivity index (χ3n) is 5.58. The highest BCUT2D eigenvalue weighted by Crippen LogP contribution is 2.26. The number of carbonyl (C=O) groups excluding carboxylic acids is 3. The van der Waals surface area contributed by atoms with Gasteiger partial charge in [0, 0.05) is 11.6 Å². The number of aromatic nitrogens is 1. The van der Waals surface area contributed by atoms with Crippen LogP contribution in [0.3, 0.4) is 0 Å². The van der Waals surface area contributed by atoms with Crippen molar-refractivity contribution in [2.75, 3.05) is 11.9 Å². The molecule has 0 atom stereocenters. The van der Waals surface area contributed by atoms with Crippen molar-refractivity contribution in [1.82, 2.24) is 10.5 Å². The van der Waals surface area contributed by atoms with E-state index in [9.17, 15) is 14.4 Å². The van der Waals surface area contributed by atoms with Crippen LogP contribution >= 0.6 is 0 Å². The molecule has 2 aromatic carbocycles. The lowest BCUT2D eigenvalue weighted by molar-refractivity contribution is -0.119. The Kier molecular flexibility index (Phi) is 6.83. The second-order valence-electron chi connectivity index (χ2n) is 7.95. The fourth-order valence-corrected chi connectivity index (χ4v) is 3.92. The van der Waals surface area contributed by atoms with Crippen LogP contribution in [0.4, 0.5) is 5.69 Å². The van der Waals surface area contributed by atoms with Gasteiger partial charge in [-0.2, -0.15) is 0 Å². The van der Waals surface area contributed by atoms with E-state index in [0.29, 0.717) is 28.3 Å². The van der Waals surface area contributed by atoms with Gasteiger partial charge in [0.2, 0.25) is 0 Å². The van der Waals surface area contributed by atoms with Gasteiger partial charge in [-0.3, -0.25) is 9.59 Å². The topological polar surface area (TPSA) is 111 Å². The maximum absolute atomic E-state index is 12.7. The Labute approximate surface area is 191 Å². The smallest absolute Gasteiger partial charge is 0.344 e. The molecule has 0 radical (unpaired) electrons. The zero-order valence-corrected chi connectivity index (χ0v) is 18.3. The lowest BCUT2D eigenvalue weighted by atomic mass is 10.1. The van der Waals surface area contributed by atoms with Crippen LogP contribution in [0.25, 0.3) is 11.3 Å². The third kappa shape index (κ3) is 5.28. The Morgan fingerprint density at radius 3 is 2.48 bits per heavy atom. The largest absolute Gasteiger partial charge is 0.452 e. The molecule has 1 heterocycles. The summed E-state index contributed by atoms with van der Waals surface area (Å²) in [6.07, 6.45) is 4.13. The minimum absolute atomic E-state index is 0.160. The highest BCUT2D eigenvalue weighted by molar-refractivity contribution is 6.05. The Morgan fingerprint density at radius 2 is 1.73 bits per heavy atom. The standard InChI is InChI=1S/C25H25N3O5/c1-16-22(23(28-33-16)17-9-3-2-4-10-17)25(31)32-15-21(29)27-20-14-8-7-13-19(20)24(30)26-18-11-5-6-12-18/h2-4,7-10,13-14,18H,5-6,11-12,15H2,1H3,(H,26,30)(H,27,29). The molecule has 4 rings (SSSR count). The first kappa shape index (κ1) is 22.3. The molecule has 1 aliphatic rings. The first-order chi connectivity index (χ1) is 16.0. The van der Waals surface area contributed by atoms with E-state index in [1.54, 1.807) is 43.3 Å². The van der Waals surface area contributed by atoms with E-state index >= 15 is 0 Å². The van der Waals surface area contributed by atoms with Gasteiger partial charge in [-0.1, -0.05) is 60.5 Å². The number of ether oxygens (including phenoxy) is 1. The van der Waals surface area contributed by atoms with Gasteiger partial charge < -0.3 is 19.9 Å². The number of esters is 1.